The van der Waals surface area contributed by atoms with E-state index in [-0.39, 0.29) is 12.2 Å². The summed E-state index contributed by atoms with van der Waals surface area (Å²) < 4.78 is 20.4. The average Bonchev–Trinajstić information content (AvgIpc) is 2.85. The van der Waals surface area contributed by atoms with Gasteiger partial charge in [-0.3, -0.25) is 4.79 Å². The van der Waals surface area contributed by atoms with Crippen LogP contribution in [0.25, 0.3) is 16.5 Å². The van der Waals surface area contributed by atoms with Crippen molar-refractivity contribution < 1.29 is 19.0 Å². The number of carboxylic acid groups (broad SMARTS) is 1. The molecule has 4 nitrogen and oxygen atoms in total. The Morgan fingerprint density at radius 3 is 2.50 bits per heavy atom. The van der Waals surface area contributed by atoms with Crippen LogP contribution in [0, 0.1) is 5.82 Å². The van der Waals surface area contributed by atoms with E-state index in [2.05, 4.69) is 11.6 Å². The van der Waals surface area contributed by atoms with E-state index in [1.165, 1.54) is 6.07 Å². The summed E-state index contributed by atoms with van der Waals surface area (Å²) in [6.45, 7) is 4.26. The number of ether oxygens (including phenoxy) is 1. The molecule has 0 unspecified atom stereocenters. The van der Waals surface area contributed by atoms with Crippen LogP contribution in [-0.2, 0) is 24.2 Å². The normalized spacial score (nSPS) is 10.9. The van der Waals surface area contributed by atoms with Gasteiger partial charge < -0.3 is 9.84 Å². The largest absolute Gasteiger partial charge is 0.487 e. The third kappa shape index (κ3) is 6.07. The summed E-state index contributed by atoms with van der Waals surface area (Å²) in [6, 6.07) is 24.8. The number of benzene rings is 3. The zero-order valence-electron chi connectivity index (χ0n) is 18.8. The molecule has 0 fully saturated rings. The van der Waals surface area contributed by atoms with E-state index < -0.39 is 5.97 Å². The number of carboxylic acids is 1. The van der Waals surface area contributed by atoms with E-state index in [4.69, 9.17) is 9.84 Å². The third-order valence-electron chi connectivity index (χ3n) is 5.75. The number of allylic oxidation sites excluding steroid dienone is 1. The van der Waals surface area contributed by atoms with Crippen molar-refractivity contribution in [2.24, 2.45) is 0 Å². The summed E-state index contributed by atoms with van der Waals surface area (Å²) in [5.74, 6) is -0.425. The Hall–Kier alpha value is -3.99. The van der Waals surface area contributed by atoms with Gasteiger partial charge in [-0.2, -0.15) is 0 Å². The second kappa shape index (κ2) is 10.8. The van der Waals surface area contributed by atoms with E-state index in [1.807, 2.05) is 60.7 Å². The fourth-order valence-electron chi connectivity index (χ4n) is 3.75. The number of hydrogen-bond donors (Lipinski definition) is 1. The van der Waals surface area contributed by atoms with E-state index in [0.29, 0.717) is 42.6 Å². The lowest BCUT2D eigenvalue weighted by Crippen LogP contribution is -1.99. The Kier molecular flexibility index (Phi) is 7.33. The summed E-state index contributed by atoms with van der Waals surface area (Å²) in [5, 5.41) is 9.90. The molecule has 0 atom stereocenters. The van der Waals surface area contributed by atoms with Crippen LogP contribution in [0.1, 0.15) is 35.2 Å². The first kappa shape index (κ1) is 23.2. The molecule has 1 aromatic heterocycles. The Balaban J connectivity index is 1.30. The standard InChI is InChI=1S/C29H26FNO3/c1-20(6-17-29(32)33)24-12-11-22(27(30)18-24)10-7-21-8-15-26(16-9-21)34-19-25-14-13-23-4-2-3-5-28(23)31-25/h2-5,8-9,11-16,18H,1,6-7,10,17,19H2,(H,32,33). The van der Waals surface area contributed by atoms with Crippen molar-refractivity contribution in [3.63, 3.8) is 0 Å². The van der Waals surface area contributed by atoms with Gasteiger partial charge in [0.25, 0.3) is 0 Å². The molecule has 0 saturated carbocycles. The van der Waals surface area contributed by atoms with Crippen LogP contribution >= 0.6 is 0 Å². The topological polar surface area (TPSA) is 59.4 Å². The number of aromatic nitrogens is 1. The predicted molar refractivity (Wildman–Crippen MR) is 132 cm³/mol. The molecule has 4 rings (SSSR count). The molecule has 0 amide bonds. The van der Waals surface area contributed by atoms with Crippen molar-refractivity contribution >= 4 is 22.4 Å². The number of halogens is 1. The van der Waals surface area contributed by atoms with Gasteiger partial charge in [0.15, 0.2) is 0 Å². The number of carbonyl (C=O) groups is 1. The number of para-hydroxylation sites is 1. The first-order valence-corrected chi connectivity index (χ1v) is 11.2. The minimum absolute atomic E-state index is 0.0132. The van der Waals surface area contributed by atoms with Gasteiger partial charge in [-0.1, -0.05) is 55.1 Å². The van der Waals surface area contributed by atoms with Crippen molar-refractivity contribution in [1.82, 2.24) is 4.98 Å². The summed E-state index contributed by atoms with van der Waals surface area (Å²) in [5.41, 5.74) is 4.80. The van der Waals surface area contributed by atoms with Gasteiger partial charge in [-0.15, -0.1) is 0 Å². The highest BCUT2D eigenvalue weighted by molar-refractivity contribution is 5.78. The Morgan fingerprint density at radius 2 is 1.74 bits per heavy atom. The van der Waals surface area contributed by atoms with Crippen LogP contribution in [-0.4, -0.2) is 16.1 Å². The molecule has 0 radical (unpaired) electrons. The Bertz CT molecular complexity index is 1310. The van der Waals surface area contributed by atoms with Gasteiger partial charge in [0.05, 0.1) is 11.2 Å². The fourth-order valence-corrected chi connectivity index (χ4v) is 3.75. The van der Waals surface area contributed by atoms with Crippen molar-refractivity contribution in [3.8, 4) is 5.75 Å². The number of aliphatic carboxylic acids is 1. The number of pyridine rings is 1. The molecule has 1 N–H and O–H groups in total. The van der Waals surface area contributed by atoms with Crippen LogP contribution in [0.5, 0.6) is 5.75 Å². The van der Waals surface area contributed by atoms with Crippen molar-refractivity contribution in [2.75, 3.05) is 0 Å². The maximum absolute atomic E-state index is 14.6. The minimum atomic E-state index is -0.889. The summed E-state index contributed by atoms with van der Waals surface area (Å²) in [6.07, 6.45) is 1.55. The zero-order chi connectivity index (χ0) is 23.9. The molecule has 0 saturated heterocycles. The van der Waals surface area contributed by atoms with Crippen LogP contribution in [0.4, 0.5) is 4.39 Å². The third-order valence-corrected chi connectivity index (χ3v) is 5.75. The van der Waals surface area contributed by atoms with Crippen LogP contribution in [0.3, 0.4) is 0 Å². The Labute approximate surface area is 198 Å². The fraction of sp³-hybridized carbons (Fsp3) is 0.172. The molecular weight excluding hydrogens is 429 g/mol. The molecule has 0 spiro atoms. The van der Waals surface area contributed by atoms with Gasteiger partial charge in [0, 0.05) is 11.8 Å². The number of hydrogen-bond acceptors (Lipinski definition) is 3. The highest BCUT2D eigenvalue weighted by Gasteiger charge is 2.08. The molecule has 34 heavy (non-hydrogen) atoms. The smallest absolute Gasteiger partial charge is 0.303 e. The van der Waals surface area contributed by atoms with Crippen LogP contribution < -0.4 is 4.74 Å². The highest BCUT2D eigenvalue weighted by atomic mass is 19.1. The number of aryl methyl sites for hydroxylation is 2. The first-order chi connectivity index (χ1) is 16.5. The summed E-state index contributed by atoms with van der Waals surface area (Å²) in [4.78, 5) is 15.3. The molecule has 0 aliphatic heterocycles. The lowest BCUT2D eigenvalue weighted by molar-refractivity contribution is -0.136. The SMILES string of the molecule is C=C(CCC(=O)O)c1ccc(CCc2ccc(OCc3ccc4ccccc4n3)cc2)c(F)c1. The number of rotatable bonds is 10. The van der Waals surface area contributed by atoms with Crippen molar-refractivity contribution in [1.29, 1.82) is 0 Å². The molecular formula is C29H26FNO3. The highest BCUT2D eigenvalue weighted by Crippen LogP contribution is 2.22. The van der Waals surface area contributed by atoms with Crippen LogP contribution in [0.15, 0.2) is 85.4 Å². The van der Waals surface area contributed by atoms with Gasteiger partial charge in [-0.25, -0.2) is 9.37 Å². The zero-order valence-corrected chi connectivity index (χ0v) is 18.8. The molecule has 0 aliphatic rings. The monoisotopic (exact) mass is 455 g/mol. The molecule has 172 valence electrons. The minimum Gasteiger partial charge on any atom is -0.487 e. The second-order valence-corrected chi connectivity index (χ2v) is 8.23. The second-order valence-electron chi connectivity index (χ2n) is 8.23. The molecule has 5 heteroatoms. The quantitative estimate of drug-likeness (QED) is 0.292. The van der Waals surface area contributed by atoms with Gasteiger partial charge in [-0.05, 0) is 71.9 Å². The molecule has 4 aromatic rings. The average molecular weight is 456 g/mol. The number of nitrogens with zero attached hydrogens (tertiary/aromatic N) is 1. The van der Waals surface area contributed by atoms with E-state index >= 15 is 0 Å². The predicted octanol–water partition coefficient (Wildman–Crippen LogP) is 6.62. The lowest BCUT2D eigenvalue weighted by atomic mass is 9.98. The maximum Gasteiger partial charge on any atom is 0.303 e. The van der Waals surface area contributed by atoms with Crippen molar-refractivity contribution in [3.05, 3.63) is 114 Å². The molecule has 1 heterocycles. The van der Waals surface area contributed by atoms with E-state index in [1.54, 1.807) is 12.1 Å². The maximum atomic E-state index is 14.6. The number of fused-ring (bicyclic) bond motifs is 1. The van der Waals surface area contributed by atoms with E-state index in [9.17, 15) is 9.18 Å². The first-order valence-electron chi connectivity index (χ1n) is 11.2. The molecule has 0 aliphatic carbocycles. The lowest BCUT2D eigenvalue weighted by Gasteiger charge is -2.10. The summed E-state index contributed by atoms with van der Waals surface area (Å²) in [7, 11) is 0. The van der Waals surface area contributed by atoms with Crippen LogP contribution in [0.2, 0.25) is 0 Å². The van der Waals surface area contributed by atoms with E-state index in [0.717, 1.165) is 27.9 Å². The summed E-state index contributed by atoms with van der Waals surface area (Å²) >= 11 is 0. The molecule has 3 aromatic carbocycles. The van der Waals surface area contributed by atoms with Crippen molar-refractivity contribution in [2.45, 2.75) is 32.3 Å². The van der Waals surface area contributed by atoms with Gasteiger partial charge in [0.1, 0.15) is 18.2 Å². The Morgan fingerprint density at radius 1 is 0.941 bits per heavy atom. The van der Waals surface area contributed by atoms with Gasteiger partial charge in [0.2, 0.25) is 0 Å². The van der Waals surface area contributed by atoms with Gasteiger partial charge >= 0.3 is 5.97 Å². The molecule has 0 bridgehead atoms.